The summed E-state index contributed by atoms with van der Waals surface area (Å²) in [7, 11) is 0. The van der Waals surface area contributed by atoms with E-state index in [4.69, 9.17) is 0 Å². The van der Waals surface area contributed by atoms with Gasteiger partial charge in [0.15, 0.2) is 0 Å². The van der Waals surface area contributed by atoms with E-state index in [1.807, 2.05) is 0 Å². The lowest BCUT2D eigenvalue weighted by Gasteiger charge is -2.10. The van der Waals surface area contributed by atoms with E-state index < -0.39 is 17.6 Å². The molecule has 2 aromatic carbocycles. The molecule has 0 radical (unpaired) electrons. The van der Waals surface area contributed by atoms with Crippen molar-refractivity contribution >= 4 is 6.08 Å². The zero-order valence-electron chi connectivity index (χ0n) is 9.84. The Balaban J connectivity index is 2.56. The highest BCUT2D eigenvalue weighted by atomic mass is 19.4. The van der Waals surface area contributed by atoms with Crippen LogP contribution < -0.4 is 0 Å². The molecule has 0 aliphatic carbocycles. The van der Waals surface area contributed by atoms with Crippen LogP contribution in [-0.2, 0) is 6.18 Å². The summed E-state index contributed by atoms with van der Waals surface area (Å²) in [5.74, 6) is -0.565. The molecular formula is C15H10F4. The van der Waals surface area contributed by atoms with Crippen molar-refractivity contribution in [2.45, 2.75) is 6.18 Å². The maximum Gasteiger partial charge on any atom is 0.416 e. The van der Waals surface area contributed by atoms with Crippen LogP contribution in [0.4, 0.5) is 17.6 Å². The summed E-state index contributed by atoms with van der Waals surface area (Å²) in [6.07, 6.45) is -2.93. The second-order valence-corrected chi connectivity index (χ2v) is 4.02. The van der Waals surface area contributed by atoms with E-state index in [-0.39, 0.29) is 11.1 Å². The molecule has 0 saturated heterocycles. The molecule has 0 bridgehead atoms. The minimum atomic E-state index is -4.44. The van der Waals surface area contributed by atoms with E-state index in [1.165, 1.54) is 36.4 Å². The number of rotatable bonds is 2. The lowest BCUT2D eigenvalue weighted by Crippen LogP contribution is -2.04. The molecule has 19 heavy (non-hydrogen) atoms. The summed E-state index contributed by atoms with van der Waals surface area (Å²) in [4.78, 5) is 0. The Morgan fingerprint density at radius 2 is 1.74 bits per heavy atom. The third-order valence-electron chi connectivity index (χ3n) is 2.73. The summed E-state index contributed by atoms with van der Waals surface area (Å²) in [6.45, 7) is 3.55. The van der Waals surface area contributed by atoms with Crippen molar-refractivity contribution in [1.29, 1.82) is 0 Å². The van der Waals surface area contributed by atoms with E-state index in [2.05, 4.69) is 6.58 Å². The van der Waals surface area contributed by atoms with Crippen molar-refractivity contribution in [3.63, 3.8) is 0 Å². The average Bonchev–Trinajstić information content (AvgIpc) is 2.38. The Bertz CT molecular complexity index is 612. The molecule has 0 amide bonds. The Hall–Kier alpha value is -2.10. The number of hydrogen-bond donors (Lipinski definition) is 0. The van der Waals surface area contributed by atoms with Crippen molar-refractivity contribution in [1.82, 2.24) is 0 Å². The van der Waals surface area contributed by atoms with Gasteiger partial charge in [-0.25, -0.2) is 4.39 Å². The Labute approximate surface area is 108 Å². The number of benzene rings is 2. The summed E-state index contributed by atoms with van der Waals surface area (Å²) >= 11 is 0. The van der Waals surface area contributed by atoms with E-state index in [0.717, 1.165) is 12.1 Å². The first-order valence-electron chi connectivity index (χ1n) is 5.51. The average molecular weight is 266 g/mol. The molecule has 0 saturated carbocycles. The van der Waals surface area contributed by atoms with Crippen molar-refractivity contribution in [2.24, 2.45) is 0 Å². The quantitative estimate of drug-likeness (QED) is 0.659. The van der Waals surface area contributed by atoms with Gasteiger partial charge in [0.25, 0.3) is 0 Å². The normalized spacial score (nSPS) is 11.4. The van der Waals surface area contributed by atoms with Crippen LogP contribution in [0, 0.1) is 5.82 Å². The van der Waals surface area contributed by atoms with E-state index in [0.29, 0.717) is 5.56 Å². The first-order valence-corrected chi connectivity index (χ1v) is 5.51. The molecule has 98 valence electrons. The number of halogens is 4. The first kappa shape index (κ1) is 13.3. The second kappa shape index (κ2) is 4.88. The van der Waals surface area contributed by atoms with Crippen LogP contribution in [0.1, 0.15) is 11.1 Å². The number of hydrogen-bond acceptors (Lipinski definition) is 0. The predicted molar refractivity (Wildman–Crippen MR) is 66.9 cm³/mol. The lowest BCUT2D eigenvalue weighted by molar-refractivity contribution is -0.137. The molecule has 0 spiro atoms. The molecule has 4 heteroatoms. The highest BCUT2D eigenvalue weighted by molar-refractivity contribution is 5.68. The largest absolute Gasteiger partial charge is 0.416 e. The fraction of sp³-hybridized carbons (Fsp3) is 0.0667. The summed E-state index contributed by atoms with van der Waals surface area (Å²) < 4.78 is 51.6. The molecule has 0 nitrogen and oxygen atoms in total. The molecule has 0 aliphatic rings. The monoisotopic (exact) mass is 266 g/mol. The van der Waals surface area contributed by atoms with E-state index in [1.54, 1.807) is 0 Å². The first-order chi connectivity index (χ1) is 8.91. The van der Waals surface area contributed by atoms with Gasteiger partial charge in [0.05, 0.1) is 5.56 Å². The molecule has 0 aliphatic heterocycles. The Morgan fingerprint density at radius 1 is 1.00 bits per heavy atom. The van der Waals surface area contributed by atoms with Gasteiger partial charge < -0.3 is 0 Å². The summed E-state index contributed by atoms with van der Waals surface area (Å²) in [6, 6.07) is 8.80. The zero-order valence-corrected chi connectivity index (χ0v) is 9.84. The lowest BCUT2D eigenvalue weighted by atomic mass is 10.0. The molecule has 0 aromatic heterocycles. The highest BCUT2D eigenvalue weighted by Crippen LogP contribution is 2.33. The fourth-order valence-corrected chi connectivity index (χ4v) is 1.75. The van der Waals surface area contributed by atoms with E-state index >= 15 is 0 Å². The smallest absolute Gasteiger partial charge is 0.206 e. The van der Waals surface area contributed by atoms with Gasteiger partial charge in [0.1, 0.15) is 5.82 Å². The van der Waals surface area contributed by atoms with E-state index in [9.17, 15) is 17.6 Å². The number of alkyl halides is 3. The van der Waals surface area contributed by atoms with Gasteiger partial charge in [0.2, 0.25) is 0 Å². The standard InChI is InChI=1S/C15H10F4/c1-2-10-6-7-14(16)13(8-10)11-4-3-5-12(9-11)15(17,18)19/h2-9H,1H2. The van der Waals surface area contributed by atoms with Crippen LogP contribution in [0.25, 0.3) is 17.2 Å². The van der Waals surface area contributed by atoms with Crippen molar-refractivity contribution in [2.75, 3.05) is 0 Å². The Kier molecular flexibility index (Phi) is 3.42. The molecule has 2 aromatic rings. The maximum atomic E-state index is 13.7. The predicted octanol–water partition coefficient (Wildman–Crippen LogP) is 5.15. The third-order valence-corrected chi connectivity index (χ3v) is 2.73. The van der Waals surface area contributed by atoms with Crippen LogP contribution in [0.5, 0.6) is 0 Å². The van der Waals surface area contributed by atoms with Crippen LogP contribution in [0.15, 0.2) is 49.0 Å². The minimum absolute atomic E-state index is 0.128. The Morgan fingerprint density at radius 3 is 2.37 bits per heavy atom. The van der Waals surface area contributed by atoms with Gasteiger partial charge in [0, 0.05) is 5.56 Å². The van der Waals surface area contributed by atoms with Gasteiger partial charge in [-0.1, -0.05) is 30.9 Å². The van der Waals surface area contributed by atoms with Gasteiger partial charge in [-0.3, -0.25) is 0 Å². The molecule has 0 heterocycles. The summed E-state index contributed by atoms with van der Waals surface area (Å²) in [5, 5.41) is 0. The fourth-order valence-electron chi connectivity index (χ4n) is 1.75. The van der Waals surface area contributed by atoms with Crippen LogP contribution >= 0.6 is 0 Å². The maximum absolute atomic E-state index is 13.7. The molecule has 0 atom stereocenters. The van der Waals surface area contributed by atoms with Crippen LogP contribution in [0.2, 0.25) is 0 Å². The van der Waals surface area contributed by atoms with Crippen LogP contribution in [-0.4, -0.2) is 0 Å². The SMILES string of the molecule is C=Cc1ccc(F)c(-c2cccc(C(F)(F)F)c2)c1. The molecule has 0 unspecified atom stereocenters. The molecular weight excluding hydrogens is 256 g/mol. The van der Waals surface area contributed by atoms with Crippen molar-refractivity contribution in [3.8, 4) is 11.1 Å². The van der Waals surface area contributed by atoms with Gasteiger partial charge in [-0.2, -0.15) is 13.2 Å². The van der Waals surface area contributed by atoms with Gasteiger partial charge in [-0.15, -0.1) is 0 Å². The molecule has 0 N–H and O–H groups in total. The third kappa shape index (κ3) is 2.84. The topological polar surface area (TPSA) is 0 Å². The molecule has 0 fully saturated rings. The minimum Gasteiger partial charge on any atom is -0.206 e. The van der Waals surface area contributed by atoms with Crippen molar-refractivity contribution in [3.05, 3.63) is 66.0 Å². The second-order valence-electron chi connectivity index (χ2n) is 4.02. The van der Waals surface area contributed by atoms with Crippen molar-refractivity contribution < 1.29 is 17.6 Å². The van der Waals surface area contributed by atoms with Gasteiger partial charge >= 0.3 is 6.18 Å². The summed E-state index contributed by atoms with van der Waals surface area (Å²) in [5.41, 5.74) is 0.168. The molecule has 2 rings (SSSR count). The van der Waals surface area contributed by atoms with Gasteiger partial charge in [-0.05, 0) is 35.4 Å². The van der Waals surface area contributed by atoms with Crippen LogP contribution in [0.3, 0.4) is 0 Å². The zero-order chi connectivity index (χ0) is 14.0. The highest BCUT2D eigenvalue weighted by Gasteiger charge is 2.30.